The Labute approximate surface area is 71.3 Å². The fourth-order valence-electron chi connectivity index (χ4n) is 0.778. The molecule has 0 aliphatic rings. The second-order valence-corrected chi connectivity index (χ2v) is 2.24. The topological polar surface area (TPSA) is 82.0 Å². The van der Waals surface area contributed by atoms with Crippen molar-refractivity contribution in [2.24, 2.45) is 0 Å². The second kappa shape index (κ2) is 3.30. The molecule has 0 aromatic carbocycles. The van der Waals surface area contributed by atoms with Crippen LogP contribution in [0, 0.1) is 10.1 Å². The van der Waals surface area contributed by atoms with E-state index in [-0.39, 0.29) is 5.82 Å². The van der Waals surface area contributed by atoms with Gasteiger partial charge >= 0.3 is 5.82 Å². The highest BCUT2D eigenvalue weighted by Crippen LogP contribution is 2.23. The Bertz CT molecular complexity index is 343. The quantitative estimate of drug-likeness (QED) is 0.564. The molecule has 0 fully saturated rings. The Balaban J connectivity index is 3.19. The molecule has 1 rings (SSSR count). The summed E-state index contributed by atoms with van der Waals surface area (Å²) in [5.41, 5.74) is 4.59. The Morgan fingerprint density at radius 1 is 1.54 bits per heavy atom. The lowest BCUT2D eigenvalue weighted by Crippen LogP contribution is -1.99. The molecule has 70 valence electrons. The van der Waals surface area contributed by atoms with E-state index in [9.17, 15) is 18.9 Å². The van der Waals surface area contributed by atoms with Crippen LogP contribution in [0.25, 0.3) is 0 Å². The molecule has 0 aliphatic carbocycles. The summed E-state index contributed by atoms with van der Waals surface area (Å²) < 4.78 is 24.2. The number of nitrogens with zero attached hydrogens (tertiary/aromatic N) is 2. The highest BCUT2D eigenvalue weighted by molar-refractivity contribution is 5.40. The summed E-state index contributed by atoms with van der Waals surface area (Å²) in [5.74, 6) is -0.959. The number of nitro groups is 1. The first kappa shape index (κ1) is 9.30. The standard InChI is InChI=1S/C6H5F2N3O2/c7-6(8)3-1-4(9)10-5(2-3)11(12)13/h1-2,6H,(H2,9,10). The number of rotatable bonds is 2. The molecule has 2 N–H and O–H groups in total. The van der Waals surface area contributed by atoms with Gasteiger partial charge < -0.3 is 15.8 Å². The lowest BCUT2D eigenvalue weighted by atomic mass is 10.2. The van der Waals surface area contributed by atoms with Gasteiger partial charge in [-0.15, -0.1) is 0 Å². The SMILES string of the molecule is Nc1cc(C(F)F)cc([N+](=O)[O-])n1. The van der Waals surface area contributed by atoms with Crippen LogP contribution in [0.15, 0.2) is 12.1 Å². The number of hydrogen-bond donors (Lipinski definition) is 1. The molecular weight excluding hydrogens is 184 g/mol. The molecule has 1 heterocycles. The predicted octanol–water partition coefficient (Wildman–Crippen LogP) is 1.51. The lowest BCUT2D eigenvalue weighted by Gasteiger charge is -1.98. The molecule has 0 spiro atoms. The van der Waals surface area contributed by atoms with Crippen molar-refractivity contribution in [2.75, 3.05) is 5.73 Å². The number of nitrogens with two attached hydrogens (primary N) is 1. The van der Waals surface area contributed by atoms with Crippen molar-refractivity contribution in [1.82, 2.24) is 4.98 Å². The third-order valence-electron chi connectivity index (χ3n) is 1.29. The number of hydrogen-bond acceptors (Lipinski definition) is 4. The summed E-state index contributed by atoms with van der Waals surface area (Å²) in [4.78, 5) is 12.6. The van der Waals surface area contributed by atoms with Crippen molar-refractivity contribution >= 4 is 11.6 Å². The molecule has 0 saturated carbocycles. The van der Waals surface area contributed by atoms with Gasteiger partial charge in [0.25, 0.3) is 6.43 Å². The molecule has 5 nitrogen and oxygen atoms in total. The fourth-order valence-corrected chi connectivity index (χ4v) is 0.778. The fraction of sp³-hybridized carbons (Fsp3) is 0.167. The van der Waals surface area contributed by atoms with Crippen LogP contribution in [-0.2, 0) is 0 Å². The van der Waals surface area contributed by atoms with Crippen LogP contribution in [0.3, 0.4) is 0 Å². The molecule has 0 unspecified atom stereocenters. The van der Waals surface area contributed by atoms with E-state index in [0.29, 0.717) is 6.07 Å². The lowest BCUT2D eigenvalue weighted by molar-refractivity contribution is -0.389. The van der Waals surface area contributed by atoms with Gasteiger partial charge in [0, 0.05) is 17.7 Å². The predicted molar refractivity (Wildman–Crippen MR) is 40.3 cm³/mol. The maximum atomic E-state index is 12.1. The maximum Gasteiger partial charge on any atom is 0.366 e. The molecule has 13 heavy (non-hydrogen) atoms. The van der Waals surface area contributed by atoms with E-state index >= 15 is 0 Å². The van der Waals surface area contributed by atoms with Gasteiger partial charge in [0.15, 0.2) is 0 Å². The van der Waals surface area contributed by atoms with Crippen molar-refractivity contribution in [3.8, 4) is 0 Å². The third-order valence-corrected chi connectivity index (χ3v) is 1.29. The average molecular weight is 189 g/mol. The minimum absolute atomic E-state index is 0.287. The van der Waals surface area contributed by atoms with Crippen LogP contribution in [0.1, 0.15) is 12.0 Å². The molecule has 0 bridgehead atoms. The van der Waals surface area contributed by atoms with Crippen LogP contribution in [-0.4, -0.2) is 9.91 Å². The third kappa shape index (κ3) is 2.08. The summed E-state index contributed by atoms with van der Waals surface area (Å²) in [6, 6.07) is 1.60. The van der Waals surface area contributed by atoms with Crippen LogP contribution < -0.4 is 5.73 Å². The van der Waals surface area contributed by atoms with Crippen molar-refractivity contribution < 1.29 is 13.7 Å². The monoisotopic (exact) mass is 189 g/mol. The van der Waals surface area contributed by atoms with Crippen LogP contribution in [0.4, 0.5) is 20.4 Å². The van der Waals surface area contributed by atoms with Crippen LogP contribution in [0.5, 0.6) is 0 Å². The van der Waals surface area contributed by atoms with Gasteiger partial charge in [0.05, 0.1) is 0 Å². The van der Waals surface area contributed by atoms with Crippen molar-refractivity contribution in [2.45, 2.75) is 6.43 Å². The summed E-state index contributed by atoms with van der Waals surface area (Å²) >= 11 is 0. The molecule has 0 radical (unpaired) electrons. The molecule has 0 atom stereocenters. The molecule has 0 amide bonds. The summed E-state index contributed by atoms with van der Waals surface area (Å²) in [7, 11) is 0. The van der Waals surface area contributed by atoms with Crippen LogP contribution >= 0.6 is 0 Å². The molecule has 1 aromatic rings. The van der Waals surface area contributed by atoms with E-state index < -0.39 is 22.7 Å². The van der Waals surface area contributed by atoms with E-state index in [1.54, 1.807) is 0 Å². The molecule has 7 heteroatoms. The zero-order chi connectivity index (χ0) is 10.0. The highest BCUT2D eigenvalue weighted by Gasteiger charge is 2.16. The first-order valence-electron chi connectivity index (χ1n) is 3.20. The number of anilines is 1. The maximum absolute atomic E-state index is 12.1. The number of halogens is 2. The largest absolute Gasteiger partial charge is 0.366 e. The van der Waals surface area contributed by atoms with E-state index in [1.807, 2.05) is 0 Å². The van der Waals surface area contributed by atoms with E-state index in [2.05, 4.69) is 4.98 Å². The van der Waals surface area contributed by atoms with Gasteiger partial charge in [-0.05, 0) is 9.91 Å². The Morgan fingerprint density at radius 3 is 2.62 bits per heavy atom. The first-order valence-corrected chi connectivity index (χ1v) is 3.20. The molecule has 0 saturated heterocycles. The normalized spacial score (nSPS) is 10.4. The van der Waals surface area contributed by atoms with Gasteiger partial charge in [-0.2, -0.15) is 0 Å². The van der Waals surface area contributed by atoms with Gasteiger partial charge in [-0.25, -0.2) is 8.78 Å². The Hall–Kier alpha value is -1.79. The van der Waals surface area contributed by atoms with Gasteiger partial charge in [-0.1, -0.05) is 0 Å². The van der Waals surface area contributed by atoms with E-state index in [4.69, 9.17) is 5.73 Å². The van der Waals surface area contributed by atoms with Gasteiger partial charge in [0.2, 0.25) is 5.82 Å². The highest BCUT2D eigenvalue weighted by atomic mass is 19.3. The molecular formula is C6H5F2N3O2. The summed E-state index contributed by atoms with van der Waals surface area (Å²) in [6.07, 6.45) is -2.79. The van der Waals surface area contributed by atoms with Crippen LogP contribution in [0.2, 0.25) is 0 Å². The van der Waals surface area contributed by atoms with Gasteiger partial charge in [0.1, 0.15) is 0 Å². The molecule has 0 aliphatic heterocycles. The van der Waals surface area contributed by atoms with E-state index in [0.717, 1.165) is 6.07 Å². The zero-order valence-corrected chi connectivity index (χ0v) is 6.28. The Kier molecular flexibility index (Phi) is 2.36. The second-order valence-electron chi connectivity index (χ2n) is 2.24. The minimum Gasteiger partial charge on any atom is -0.363 e. The number of aromatic nitrogens is 1. The van der Waals surface area contributed by atoms with Crippen molar-refractivity contribution in [3.63, 3.8) is 0 Å². The summed E-state index contributed by atoms with van der Waals surface area (Å²) in [6.45, 7) is 0. The van der Waals surface area contributed by atoms with Gasteiger partial charge in [-0.3, -0.25) is 0 Å². The number of pyridine rings is 1. The van der Waals surface area contributed by atoms with E-state index in [1.165, 1.54) is 0 Å². The van der Waals surface area contributed by atoms with Crippen molar-refractivity contribution in [3.05, 3.63) is 27.8 Å². The molecule has 1 aromatic heterocycles. The zero-order valence-electron chi connectivity index (χ0n) is 6.28. The Morgan fingerprint density at radius 2 is 2.15 bits per heavy atom. The summed E-state index contributed by atoms with van der Waals surface area (Å²) in [5, 5.41) is 10.2. The number of alkyl halides is 2. The average Bonchev–Trinajstić information content (AvgIpc) is 2.03. The number of nitrogen functional groups attached to an aromatic ring is 1. The smallest absolute Gasteiger partial charge is 0.363 e. The first-order chi connectivity index (χ1) is 6.00. The van der Waals surface area contributed by atoms with Crippen molar-refractivity contribution in [1.29, 1.82) is 0 Å². The minimum atomic E-state index is -2.79.